The number of benzene rings is 2. The molecule has 2 N–H and O–H groups in total. The maximum Gasteiger partial charge on any atom is 0.267 e. The predicted octanol–water partition coefficient (Wildman–Crippen LogP) is 3.29. The average Bonchev–Trinajstić information content (AvgIpc) is 2.55. The first kappa shape index (κ1) is 16.0. The second-order valence-corrected chi connectivity index (χ2v) is 5.59. The third-order valence-electron chi connectivity index (χ3n) is 3.67. The summed E-state index contributed by atoms with van der Waals surface area (Å²) in [6.45, 7) is 0. The van der Waals surface area contributed by atoms with E-state index in [-0.39, 0.29) is 10.4 Å². The van der Waals surface area contributed by atoms with Crippen LogP contribution in [0.1, 0.15) is 10.4 Å². The first-order chi connectivity index (χ1) is 11.4. The number of carbonyl (C=O) groups excluding carboxylic acids is 1. The van der Waals surface area contributed by atoms with Gasteiger partial charge < -0.3 is 15.0 Å². The van der Waals surface area contributed by atoms with Gasteiger partial charge in [-0.2, -0.15) is 0 Å². The third-order valence-corrected chi connectivity index (χ3v) is 3.99. The van der Waals surface area contributed by atoms with E-state index in [1.54, 1.807) is 18.2 Å². The fourth-order valence-corrected chi connectivity index (χ4v) is 2.72. The molecule has 0 aliphatic carbocycles. The van der Waals surface area contributed by atoms with Crippen molar-refractivity contribution in [3.8, 4) is 5.75 Å². The van der Waals surface area contributed by atoms with Crippen LogP contribution in [0.2, 0.25) is 5.02 Å². The summed E-state index contributed by atoms with van der Waals surface area (Å²) in [6.07, 6.45) is 0. The van der Waals surface area contributed by atoms with Crippen molar-refractivity contribution in [2.24, 2.45) is 7.05 Å². The lowest BCUT2D eigenvalue weighted by Crippen LogP contribution is -2.28. The second kappa shape index (κ2) is 5.98. The van der Waals surface area contributed by atoms with Crippen LogP contribution in [0.5, 0.6) is 5.75 Å². The van der Waals surface area contributed by atoms with Crippen LogP contribution in [0, 0.1) is 5.82 Å². The summed E-state index contributed by atoms with van der Waals surface area (Å²) in [4.78, 5) is 24.9. The van der Waals surface area contributed by atoms with Gasteiger partial charge in [-0.1, -0.05) is 17.7 Å². The van der Waals surface area contributed by atoms with E-state index in [2.05, 4.69) is 5.32 Å². The topological polar surface area (TPSA) is 71.3 Å². The van der Waals surface area contributed by atoms with Gasteiger partial charge in [0.2, 0.25) is 0 Å². The first-order valence-corrected chi connectivity index (χ1v) is 7.35. The maximum absolute atomic E-state index is 12.9. The molecule has 0 aliphatic rings. The molecule has 0 radical (unpaired) electrons. The Labute approximate surface area is 140 Å². The molecule has 122 valence electrons. The second-order valence-electron chi connectivity index (χ2n) is 5.18. The molecule has 0 saturated carbocycles. The molecule has 5 nitrogen and oxygen atoms in total. The monoisotopic (exact) mass is 346 g/mol. The van der Waals surface area contributed by atoms with Crippen molar-refractivity contribution in [1.82, 2.24) is 4.57 Å². The zero-order chi connectivity index (χ0) is 17.4. The van der Waals surface area contributed by atoms with Crippen LogP contribution in [-0.4, -0.2) is 15.6 Å². The molecule has 1 amide bonds. The molecular formula is C17H12ClFN2O3. The molecular weight excluding hydrogens is 335 g/mol. The van der Waals surface area contributed by atoms with Gasteiger partial charge >= 0.3 is 0 Å². The first-order valence-electron chi connectivity index (χ1n) is 6.97. The number of pyridine rings is 1. The van der Waals surface area contributed by atoms with E-state index in [1.165, 1.54) is 35.9 Å². The van der Waals surface area contributed by atoms with Gasteiger partial charge in [-0.05, 0) is 36.4 Å². The lowest BCUT2D eigenvalue weighted by Gasteiger charge is -2.13. The Morgan fingerprint density at radius 3 is 2.54 bits per heavy atom. The van der Waals surface area contributed by atoms with Crippen LogP contribution >= 0.6 is 11.6 Å². The molecule has 2 aromatic carbocycles. The Morgan fingerprint density at radius 1 is 1.21 bits per heavy atom. The van der Waals surface area contributed by atoms with Crippen LogP contribution in [0.3, 0.4) is 0 Å². The molecule has 0 aliphatic heterocycles. The number of halogens is 2. The standard InChI is InChI=1S/C17H12ClFN2O3/c1-21-12-4-2-3-11(18)13(12)15(22)14(17(21)24)16(23)20-10-7-5-9(19)6-8-10/h2-8,22H,1H3,(H,20,23). The number of aromatic nitrogens is 1. The van der Waals surface area contributed by atoms with Crippen LogP contribution in [-0.2, 0) is 7.05 Å². The number of anilines is 1. The quantitative estimate of drug-likeness (QED) is 0.748. The summed E-state index contributed by atoms with van der Waals surface area (Å²) < 4.78 is 14.2. The van der Waals surface area contributed by atoms with Gasteiger partial charge in [-0.25, -0.2) is 4.39 Å². The summed E-state index contributed by atoms with van der Waals surface area (Å²) in [7, 11) is 1.48. The van der Waals surface area contributed by atoms with Gasteiger partial charge in [0.1, 0.15) is 17.1 Å². The number of amides is 1. The smallest absolute Gasteiger partial charge is 0.267 e. The third kappa shape index (κ3) is 2.61. The van der Waals surface area contributed by atoms with Crippen molar-refractivity contribution in [3.05, 3.63) is 69.2 Å². The summed E-state index contributed by atoms with van der Waals surface area (Å²) in [6, 6.07) is 9.85. The molecule has 24 heavy (non-hydrogen) atoms. The lowest BCUT2D eigenvalue weighted by atomic mass is 10.1. The van der Waals surface area contributed by atoms with Gasteiger partial charge in [-0.15, -0.1) is 0 Å². The van der Waals surface area contributed by atoms with E-state index in [4.69, 9.17) is 11.6 Å². The van der Waals surface area contributed by atoms with Crippen molar-refractivity contribution in [2.75, 3.05) is 5.32 Å². The Bertz CT molecular complexity index is 1010. The van der Waals surface area contributed by atoms with Crippen molar-refractivity contribution < 1.29 is 14.3 Å². The zero-order valence-corrected chi connectivity index (χ0v) is 13.3. The number of aromatic hydroxyl groups is 1. The highest BCUT2D eigenvalue weighted by atomic mass is 35.5. The maximum atomic E-state index is 12.9. The number of nitrogens with zero attached hydrogens (tertiary/aromatic N) is 1. The largest absolute Gasteiger partial charge is 0.506 e. The lowest BCUT2D eigenvalue weighted by molar-refractivity contribution is 0.102. The molecule has 0 spiro atoms. The molecule has 1 aromatic heterocycles. The number of carbonyl (C=O) groups is 1. The van der Waals surface area contributed by atoms with Crippen molar-refractivity contribution >= 4 is 34.1 Å². The highest BCUT2D eigenvalue weighted by Gasteiger charge is 2.22. The SMILES string of the molecule is Cn1c(=O)c(C(=O)Nc2ccc(F)cc2)c(O)c2c(Cl)cccc21. The van der Waals surface area contributed by atoms with Crippen LogP contribution in [0.15, 0.2) is 47.3 Å². The average molecular weight is 347 g/mol. The van der Waals surface area contributed by atoms with Crippen LogP contribution in [0.4, 0.5) is 10.1 Å². The highest BCUT2D eigenvalue weighted by molar-refractivity contribution is 6.36. The van der Waals surface area contributed by atoms with Crippen molar-refractivity contribution in [2.45, 2.75) is 0 Å². The number of hydrogen-bond acceptors (Lipinski definition) is 3. The Hall–Kier alpha value is -2.86. The van der Waals surface area contributed by atoms with Crippen molar-refractivity contribution in [1.29, 1.82) is 0 Å². The molecule has 3 aromatic rings. The molecule has 7 heteroatoms. The number of rotatable bonds is 2. The molecule has 3 rings (SSSR count). The summed E-state index contributed by atoms with van der Waals surface area (Å²) >= 11 is 6.09. The van der Waals surface area contributed by atoms with Crippen molar-refractivity contribution in [3.63, 3.8) is 0 Å². The summed E-state index contributed by atoms with van der Waals surface area (Å²) in [5, 5.41) is 13.3. The van der Waals surface area contributed by atoms with E-state index in [9.17, 15) is 19.1 Å². The van der Waals surface area contributed by atoms with Crippen LogP contribution < -0.4 is 10.9 Å². The molecule has 0 saturated heterocycles. The Kier molecular flexibility index (Phi) is 3.99. The van der Waals surface area contributed by atoms with Gasteiger partial charge in [0.15, 0.2) is 0 Å². The minimum Gasteiger partial charge on any atom is -0.506 e. The molecule has 1 heterocycles. The van der Waals surface area contributed by atoms with E-state index >= 15 is 0 Å². The van der Waals surface area contributed by atoms with E-state index in [0.29, 0.717) is 11.2 Å². The Morgan fingerprint density at radius 2 is 1.88 bits per heavy atom. The molecule has 0 atom stereocenters. The van der Waals surface area contributed by atoms with E-state index in [1.807, 2.05) is 0 Å². The fourth-order valence-electron chi connectivity index (χ4n) is 2.46. The number of fused-ring (bicyclic) bond motifs is 1. The van der Waals surface area contributed by atoms with Gasteiger partial charge in [0.05, 0.1) is 15.9 Å². The minimum atomic E-state index is -0.804. The molecule has 0 unspecified atom stereocenters. The van der Waals surface area contributed by atoms with Crippen LogP contribution in [0.25, 0.3) is 10.9 Å². The molecule has 0 fully saturated rings. The van der Waals surface area contributed by atoms with E-state index in [0.717, 1.165) is 0 Å². The predicted molar refractivity (Wildman–Crippen MR) is 90.2 cm³/mol. The highest BCUT2D eigenvalue weighted by Crippen LogP contribution is 2.32. The fraction of sp³-hybridized carbons (Fsp3) is 0.0588. The number of nitrogens with one attached hydrogen (secondary N) is 1. The van der Waals surface area contributed by atoms with Gasteiger partial charge in [0.25, 0.3) is 11.5 Å². The summed E-state index contributed by atoms with van der Waals surface area (Å²) in [5.74, 6) is -1.75. The van der Waals surface area contributed by atoms with Gasteiger partial charge in [-0.3, -0.25) is 9.59 Å². The summed E-state index contributed by atoms with van der Waals surface area (Å²) in [5.41, 5.74) is -0.394. The van der Waals surface area contributed by atoms with Gasteiger partial charge in [0, 0.05) is 12.7 Å². The Balaban J connectivity index is 2.15. The molecule has 0 bridgehead atoms. The number of hydrogen-bond donors (Lipinski definition) is 2. The normalized spacial score (nSPS) is 10.8. The number of aryl methyl sites for hydroxylation is 1. The van der Waals surface area contributed by atoms with E-state index < -0.39 is 28.6 Å². The minimum absolute atomic E-state index is 0.213. The zero-order valence-electron chi connectivity index (χ0n) is 12.5.